The highest BCUT2D eigenvalue weighted by molar-refractivity contribution is 6.02. The first kappa shape index (κ1) is 20.7. The highest BCUT2D eigenvalue weighted by atomic mass is 16.5. The van der Waals surface area contributed by atoms with E-state index in [9.17, 15) is 9.59 Å². The van der Waals surface area contributed by atoms with Gasteiger partial charge in [-0.1, -0.05) is 18.2 Å². The van der Waals surface area contributed by atoms with Gasteiger partial charge in [0.25, 0.3) is 0 Å². The van der Waals surface area contributed by atoms with E-state index in [1.165, 1.54) is 7.11 Å². The number of carbonyl (C=O) groups excluding carboxylic acids is 2. The summed E-state index contributed by atoms with van der Waals surface area (Å²) in [4.78, 5) is 26.9. The number of benzene rings is 2. The van der Waals surface area contributed by atoms with Crippen molar-refractivity contribution in [1.82, 2.24) is 0 Å². The number of nitrogens with zero attached hydrogens (tertiary/aromatic N) is 1. The van der Waals surface area contributed by atoms with Crippen molar-refractivity contribution < 1.29 is 23.8 Å². The average molecular weight is 398 g/mol. The Hall–Kier alpha value is -3.06. The summed E-state index contributed by atoms with van der Waals surface area (Å²) in [6.45, 7) is 2.81. The first-order chi connectivity index (χ1) is 14.1. The van der Waals surface area contributed by atoms with E-state index in [4.69, 9.17) is 14.2 Å². The Labute approximate surface area is 170 Å². The van der Waals surface area contributed by atoms with Gasteiger partial charge in [-0.15, -0.1) is 0 Å². The maximum atomic E-state index is 12.5. The number of methoxy groups -OCH3 is 2. The van der Waals surface area contributed by atoms with Crippen molar-refractivity contribution >= 4 is 23.3 Å². The molecule has 0 aliphatic carbocycles. The fourth-order valence-corrected chi connectivity index (χ4v) is 3.31. The molecule has 1 aliphatic rings. The van der Waals surface area contributed by atoms with Gasteiger partial charge in [0.2, 0.25) is 5.91 Å². The lowest BCUT2D eigenvalue weighted by atomic mass is 10.1. The first-order valence-electron chi connectivity index (χ1n) is 9.59. The number of anilines is 2. The predicted octanol–water partition coefficient (Wildman–Crippen LogP) is 2.89. The highest BCUT2D eigenvalue weighted by Gasteiger charge is 2.18. The van der Waals surface area contributed by atoms with Crippen LogP contribution in [0.15, 0.2) is 42.5 Å². The minimum absolute atomic E-state index is 0.180. The van der Waals surface area contributed by atoms with Crippen LogP contribution >= 0.6 is 0 Å². The smallest absolute Gasteiger partial charge is 0.340 e. The van der Waals surface area contributed by atoms with Gasteiger partial charge in [-0.3, -0.25) is 4.79 Å². The van der Waals surface area contributed by atoms with Gasteiger partial charge in [-0.25, -0.2) is 4.79 Å². The van der Waals surface area contributed by atoms with Crippen LogP contribution < -0.4 is 15.0 Å². The van der Waals surface area contributed by atoms with Crippen LogP contribution in [-0.2, 0) is 20.7 Å². The van der Waals surface area contributed by atoms with E-state index in [1.54, 1.807) is 19.2 Å². The monoisotopic (exact) mass is 398 g/mol. The summed E-state index contributed by atoms with van der Waals surface area (Å²) < 4.78 is 15.6. The summed E-state index contributed by atoms with van der Waals surface area (Å²) in [5.41, 5.74) is 2.64. The van der Waals surface area contributed by atoms with Gasteiger partial charge >= 0.3 is 5.97 Å². The molecule has 0 unspecified atom stereocenters. The van der Waals surface area contributed by atoms with Crippen LogP contribution in [0.5, 0.6) is 5.75 Å². The third-order valence-electron chi connectivity index (χ3n) is 4.87. The number of ether oxygens (including phenoxy) is 3. The third-order valence-corrected chi connectivity index (χ3v) is 4.87. The topological polar surface area (TPSA) is 77.1 Å². The SMILES string of the molecule is COC(=O)c1cc(N2CCOCC2)ccc1NC(=O)CCc1ccccc1OC. The zero-order valence-corrected chi connectivity index (χ0v) is 16.8. The Morgan fingerprint density at radius 1 is 1.10 bits per heavy atom. The van der Waals surface area contributed by atoms with E-state index >= 15 is 0 Å². The summed E-state index contributed by atoms with van der Waals surface area (Å²) in [7, 11) is 2.94. The van der Waals surface area contributed by atoms with E-state index < -0.39 is 5.97 Å². The lowest BCUT2D eigenvalue weighted by Crippen LogP contribution is -2.36. The highest BCUT2D eigenvalue weighted by Crippen LogP contribution is 2.26. The second kappa shape index (κ2) is 9.93. The quantitative estimate of drug-likeness (QED) is 0.723. The number of amides is 1. The van der Waals surface area contributed by atoms with Gasteiger partial charge in [0.05, 0.1) is 38.7 Å². The number of para-hydroxylation sites is 1. The average Bonchev–Trinajstić information content (AvgIpc) is 2.78. The number of rotatable bonds is 7. The molecule has 1 N–H and O–H groups in total. The summed E-state index contributed by atoms with van der Waals surface area (Å²) in [6, 6.07) is 13.0. The normalized spacial score (nSPS) is 13.7. The van der Waals surface area contributed by atoms with Crippen LogP contribution in [0.4, 0.5) is 11.4 Å². The summed E-state index contributed by atoms with van der Waals surface area (Å²) in [5.74, 6) is 0.0886. The van der Waals surface area contributed by atoms with Crippen molar-refractivity contribution in [3.05, 3.63) is 53.6 Å². The fraction of sp³-hybridized carbons (Fsp3) is 0.364. The number of aryl methyl sites for hydroxylation is 1. The van der Waals surface area contributed by atoms with Crippen LogP contribution in [0.2, 0.25) is 0 Å². The molecule has 1 aliphatic heterocycles. The van der Waals surface area contributed by atoms with Crippen molar-refractivity contribution in [2.45, 2.75) is 12.8 Å². The molecular weight excluding hydrogens is 372 g/mol. The van der Waals surface area contributed by atoms with Crippen molar-refractivity contribution in [3.63, 3.8) is 0 Å². The van der Waals surface area contributed by atoms with Gasteiger partial charge < -0.3 is 24.4 Å². The van der Waals surface area contributed by atoms with E-state index in [-0.39, 0.29) is 12.3 Å². The number of morpholine rings is 1. The minimum atomic E-state index is -0.486. The molecule has 2 aromatic rings. The Kier molecular flexibility index (Phi) is 7.08. The molecule has 1 saturated heterocycles. The maximum absolute atomic E-state index is 12.5. The predicted molar refractivity (Wildman–Crippen MR) is 111 cm³/mol. The molecule has 1 fully saturated rings. The molecule has 2 aromatic carbocycles. The van der Waals surface area contributed by atoms with Crippen molar-refractivity contribution in [1.29, 1.82) is 0 Å². The summed E-state index contributed by atoms with van der Waals surface area (Å²) in [6.07, 6.45) is 0.807. The largest absolute Gasteiger partial charge is 0.496 e. The molecule has 29 heavy (non-hydrogen) atoms. The Morgan fingerprint density at radius 3 is 2.59 bits per heavy atom. The van der Waals surface area contributed by atoms with Crippen molar-refractivity contribution in [2.24, 2.45) is 0 Å². The molecule has 1 amide bonds. The molecule has 1 heterocycles. The summed E-state index contributed by atoms with van der Waals surface area (Å²) in [5, 5.41) is 2.84. The van der Waals surface area contributed by atoms with Gasteiger partial charge in [0.1, 0.15) is 5.75 Å². The number of hydrogen-bond donors (Lipinski definition) is 1. The van der Waals surface area contributed by atoms with Crippen molar-refractivity contribution in [3.8, 4) is 5.75 Å². The lowest BCUT2D eigenvalue weighted by molar-refractivity contribution is -0.116. The molecule has 154 valence electrons. The number of esters is 1. The maximum Gasteiger partial charge on any atom is 0.340 e. The van der Waals surface area contributed by atoms with Gasteiger partial charge in [-0.05, 0) is 36.2 Å². The van der Waals surface area contributed by atoms with Crippen LogP contribution in [-0.4, -0.2) is 52.4 Å². The third kappa shape index (κ3) is 5.26. The molecule has 0 aromatic heterocycles. The Morgan fingerprint density at radius 2 is 1.86 bits per heavy atom. The first-order valence-corrected chi connectivity index (χ1v) is 9.59. The van der Waals surface area contributed by atoms with Crippen LogP contribution in [0, 0.1) is 0 Å². The fourth-order valence-electron chi connectivity index (χ4n) is 3.31. The second-order valence-electron chi connectivity index (χ2n) is 6.68. The van der Waals surface area contributed by atoms with Gasteiger partial charge in [0.15, 0.2) is 0 Å². The van der Waals surface area contributed by atoms with Gasteiger partial charge in [0, 0.05) is 25.2 Å². The molecule has 7 heteroatoms. The Bertz CT molecular complexity index is 862. The molecule has 0 spiro atoms. The van der Waals surface area contributed by atoms with Crippen LogP contribution in [0.3, 0.4) is 0 Å². The number of hydrogen-bond acceptors (Lipinski definition) is 6. The molecular formula is C22H26N2O5. The van der Waals surface area contributed by atoms with E-state index in [1.807, 2.05) is 30.3 Å². The van der Waals surface area contributed by atoms with E-state index in [0.29, 0.717) is 30.9 Å². The number of nitrogens with one attached hydrogen (secondary N) is 1. The molecule has 3 rings (SSSR count). The standard InChI is InChI=1S/C22H26N2O5/c1-27-20-6-4-3-5-16(20)7-10-21(25)23-19-9-8-17(15-18(19)22(26)28-2)24-11-13-29-14-12-24/h3-6,8-9,15H,7,10-14H2,1-2H3,(H,23,25). The van der Waals surface area contributed by atoms with Crippen molar-refractivity contribution in [2.75, 3.05) is 50.7 Å². The second-order valence-corrected chi connectivity index (χ2v) is 6.68. The minimum Gasteiger partial charge on any atom is -0.496 e. The van der Waals surface area contributed by atoms with Crippen LogP contribution in [0.1, 0.15) is 22.3 Å². The molecule has 7 nitrogen and oxygen atoms in total. The van der Waals surface area contributed by atoms with E-state index in [2.05, 4.69) is 10.2 Å². The molecule has 0 radical (unpaired) electrons. The van der Waals surface area contributed by atoms with Gasteiger partial charge in [-0.2, -0.15) is 0 Å². The summed E-state index contributed by atoms with van der Waals surface area (Å²) >= 11 is 0. The number of carbonyl (C=O) groups is 2. The lowest BCUT2D eigenvalue weighted by Gasteiger charge is -2.29. The van der Waals surface area contributed by atoms with E-state index in [0.717, 1.165) is 30.1 Å². The molecule has 0 bridgehead atoms. The molecule has 0 atom stereocenters. The zero-order valence-electron chi connectivity index (χ0n) is 16.8. The van der Waals surface area contributed by atoms with Crippen LogP contribution in [0.25, 0.3) is 0 Å². The molecule has 0 saturated carbocycles. The zero-order chi connectivity index (χ0) is 20.6. The Balaban J connectivity index is 1.71.